The number of ether oxygens (including phenoxy) is 1. The number of benzene rings is 2. The maximum absolute atomic E-state index is 15.5. The SMILES string of the molecule is N#Cc1ccc(OC2CCC(NC(=O)c3cnc(N4CC5CN(CC6CCN(c7cc8c(cc7F)C(=O)N(C7CCC(=O)NC7=O)C8=O)CC6)CC5C4)nc3)CC2)cc1Cl. The molecule has 3 aromatic rings. The van der Waals surface area contributed by atoms with Gasteiger partial charge in [0, 0.05) is 76.7 Å². The molecule has 0 radical (unpaired) electrons. The second-order valence-electron chi connectivity index (χ2n) is 17.0. The van der Waals surface area contributed by atoms with Crippen LogP contribution < -0.4 is 25.2 Å². The zero-order valence-corrected chi connectivity index (χ0v) is 33.7. The number of aromatic nitrogens is 2. The van der Waals surface area contributed by atoms with Crippen LogP contribution in [0.3, 0.4) is 0 Å². The molecular formula is C43H45ClFN9O6. The third kappa shape index (κ3) is 7.88. The average Bonchev–Trinajstić information content (AvgIpc) is 3.88. The van der Waals surface area contributed by atoms with Gasteiger partial charge in [-0.25, -0.2) is 14.4 Å². The number of anilines is 2. The van der Waals surface area contributed by atoms with Gasteiger partial charge in [0.25, 0.3) is 17.7 Å². The molecule has 0 spiro atoms. The minimum absolute atomic E-state index is 0.0135. The lowest BCUT2D eigenvalue weighted by Gasteiger charge is -2.35. The molecule has 6 aliphatic rings. The maximum Gasteiger partial charge on any atom is 0.262 e. The molecule has 3 atom stereocenters. The van der Waals surface area contributed by atoms with E-state index in [1.54, 1.807) is 30.6 Å². The van der Waals surface area contributed by atoms with Gasteiger partial charge in [-0.15, -0.1) is 0 Å². The number of carbonyl (C=O) groups excluding carboxylic acids is 5. The van der Waals surface area contributed by atoms with Gasteiger partial charge in [-0.2, -0.15) is 5.26 Å². The maximum atomic E-state index is 15.5. The molecule has 1 saturated carbocycles. The largest absolute Gasteiger partial charge is 0.490 e. The first kappa shape index (κ1) is 39.8. The van der Waals surface area contributed by atoms with E-state index >= 15 is 4.39 Å². The van der Waals surface area contributed by atoms with Crippen LogP contribution >= 0.6 is 11.6 Å². The number of hydrogen-bond donors (Lipinski definition) is 2. The molecular weight excluding hydrogens is 793 g/mol. The van der Waals surface area contributed by atoms with E-state index in [1.807, 2.05) is 11.0 Å². The lowest BCUT2D eigenvalue weighted by molar-refractivity contribution is -0.136. The van der Waals surface area contributed by atoms with Crippen molar-refractivity contribution in [1.29, 1.82) is 5.26 Å². The molecule has 5 amide bonds. The van der Waals surface area contributed by atoms with Gasteiger partial charge in [0.2, 0.25) is 17.8 Å². The molecule has 0 bridgehead atoms. The highest BCUT2D eigenvalue weighted by Crippen LogP contribution is 2.37. The smallest absolute Gasteiger partial charge is 0.262 e. The Bertz CT molecular complexity index is 2260. The zero-order valence-electron chi connectivity index (χ0n) is 32.9. The van der Waals surface area contributed by atoms with Gasteiger partial charge in [0.05, 0.1) is 39.1 Å². The van der Waals surface area contributed by atoms with E-state index in [9.17, 15) is 24.0 Å². The third-order valence-corrected chi connectivity index (χ3v) is 13.4. The van der Waals surface area contributed by atoms with Gasteiger partial charge in [0.1, 0.15) is 23.7 Å². The Labute approximate surface area is 351 Å². The molecule has 1 aromatic heterocycles. The molecule has 5 fully saturated rings. The van der Waals surface area contributed by atoms with Gasteiger partial charge in [0.15, 0.2) is 0 Å². The van der Waals surface area contributed by atoms with E-state index in [1.165, 1.54) is 6.07 Å². The molecule has 4 saturated heterocycles. The Kier molecular flexibility index (Phi) is 10.9. The van der Waals surface area contributed by atoms with E-state index in [4.69, 9.17) is 21.6 Å². The van der Waals surface area contributed by atoms with Gasteiger partial charge >= 0.3 is 0 Å². The highest BCUT2D eigenvalue weighted by molar-refractivity contribution is 6.31. The van der Waals surface area contributed by atoms with Crippen molar-refractivity contribution in [2.24, 2.45) is 17.8 Å². The van der Waals surface area contributed by atoms with Crippen LogP contribution in [0.2, 0.25) is 5.02 Å². The molecule has 9 rings (SSSR count). The molecule has 60 heavy (non-hydrogen) atoms. The van der Waals surface area contributed by atoms with E-state index in [0.29, 0.717) is 58.7 Å². The fourth-order valence-electron chi connectivity index (χ4n) is 9.89. The lowest BCUT2D eigenvalue weighted by atomic mass is 9.92. The summed E-state index contributed by atoms with van der Waals surface area (Å²) < 4.78 is 21.5. The third-order valence-electron chi connectivity index (χ3n) is 13.1. The predicted molar refractivity (Wildman–Crippen MR) is 216 cm³/mol. The minimum atomic E-state index is -1.10. The van der Waals surface area contributed by atoms with Crippen LogP contribution in [0.25, 0.3) is 0 Å². The number of carbonyl (C=O) groups is 5. The van der Waals surface area contributed by atoms with Crippen molar-refractivity contribution in [3.63, 3.8) is 0 Å². The lowest BCUT2D eigenvalue weighted by Crippen LogP contribution is -2.54. The second kappa shape index (κ2) is 16.4. The van der Waals surface area contributed by atoms with E-state index in [2.05, 4.69) is 30.4 Å². The molecule has 1 aliphatic carbocycles. The van der Waals surface area contributed by atoms with Crippen LogP contribution in [0.15, 0.2) is 42.7 Å². The van der Waals surface area contributed by atoms with Crippen molar-refractivity contribution in [1.82, 2.24) is 30.4 Å². The summed E-state index contributed by atoms with van der Waals surface area (Å²) in [6.45, 7) is 5.86. The van der Waals surface area contributed by atoms with Gasteiger partial charge in [-0.3, -0.25) is 34.2 Å². The van der Waals surface area contributed by atoms with Crippen molar-refractivity contribution in [3.8, 4) is 11.8 Å². The molecule has 312 valence electrons. The van der Waals surface area contributed by atoms with Gasteiger partial charge in [-0.05, 0) is 87.0 Å². The number of likely N-dealkylation sites (tertiary alicyclic amines) is 1. The Morgan fingerprint density at radius 1 is 0.900 bits per heavy atom. The summed E-state index contributed by atoms with van der Waals surface area (Å²) >= 11 is 6.15. The van der Waals surface area contributed by atoms with Crippen molar-refractivity contribution < 1.29 is 33.1 Å². The quantitative estimate of drug-likeness (QED) is 0.297. The van der Waals surface area contributed by atoms with E-state index in [-0.39, 0.29) is 47.7 Å². The number of imide groups is 2. The normalized spacial score (nSPS) is 25.9. The summed E-state index contributed by atoms with van der Waals surface area (Å²) in [5.41, 5.74) is 1.14. The van der Waals surface area contributed by atoms with Crippen LogP contribution in [0.5, 0.6) is 5.75 Å². The van der Waals surface area contributed by atoms with Crippen molar-refractivity contribution >= 4 is 52.8 Å². The number of halogens is 2. The van der Waals surface area contributed by atoms with Gasteiger partial charge < -0.3 is 24.8 Å². The number of piperidine rings is 2. The number of amides is 5. The highest BCUT2D eigenvalue weighted by Gasteiger charge is 2.46. The van der Waals surface area contributed by atoms with Crippen LogP contribution in [0.4, 0.5) is 16.0 Å². The summed E-state index contributed by atoms with van der Waals surface area (Å²) in [4.78, 5) is 80.3. The molecule has 17 heteroatoms. The fraction of sp³-hybridized carbons (Fsp3) is 0.488. The summed E-state index contributed by atoms with van der Waals surface area (Å²) in [5, 5.41) is 14.8. The Hall–Kier alpha value is -5.66. The standard InChI is InChI=1S/C43H45ClFN9O6/c44-34-13-31(4-1-25(34)16-46)60-30-5-2-29(3-6-30)49-39(56)26-17-47-43(48-18-26)53-22-27-20-51(21-28(27)23-53)19-24-9-11-52(12-10-24)37-15-33-32(14-35(37)45)41(58)54(42(33)59)36-7-8-38(55)50-40(36)57/h1,4,13-15,17-18,24,27-30,36H,2-3,5-12,19-23H2,(H,49,56)(H,50,55,57). The second-order valence-corrected chi connectivity index (χ2v) is 17.4. The highest BCUT2D eigenvalue weighted by atomic mass is 35.5. The van der Waals surface area contributed by atoms with Crippen LogP contribution in [0, 0.1) is 34.9 Å². The number of hydrogen-bond acceptors (Lipinski definition) is 12. The number of nitrogens with zero attached hydrogens (tertiary/aromatic N) is 7. The number of nitrogens with one attached hydrogen (secondary N) is 2. The zero-order chi connectivity index (χ0) is 41.7. The Morgan fingerprint density at radius 2 is 1.58 bits per heavy atom. The van der Waals surface area contributed by atoms with Crippen LogP contribution in [0.1, 0.15) is 88.0 Å². The molecule has 3 unspecified atom stereocenters. The first-order valence-corrected chi connectivity index (χ1v) is 21.2. The monoisotopic (exact) mass is 837 g/mol. The molecule has 5 aliphatic heterocycles. The molecule has 15 nitrogen and oxygen atoms in total. The van der Waals surface area contributed by atoms with Crippen molar-refractivity contribution in [2.75, 3.05) is 55.6 Å². The van der Waals surface area contributed by atoms with Crippen molar-refractivity contribution in [3.05, 3.63) is 75.8 Å². The van der Waals surface area contributed by atoms with Crippen LogP contribution in [-0.4, -0.2) is 113 Å². The topological polar surface area (TPSA) is 181 Å². The first-order chi connectivity index (χ1) is 29.0. The number of nitriles is 1. The molecule has 2 aromatic carbocycles. The predicted octanol–water partition coefficient (Wildman–Crippen LogP) is 3.95. The minimum Gasteiger partial charge on any atom is -0.490 e. The fourth-order valence-corrected chi connectivity index (χ4v) is 10.1. The summed E-state index contributed by atoms with van der Waals surface area (Å²) in [5.74, 6) is -0.580. The summed E-state index contributed by atoms with van der Waals surface area (Å²) in [7, 11) is 0. The molecule has 6 heterocycles. The Morgan fingerprint density at radius 3 is 2.23 bits per heavy atom. The first-order valence-electron chi connectivity index (χ1n) is 20.8. The average molecular weight is 838 g/mol. The Balaban J connectivity index is 0.709. The summed E-state index contributed by atoms with van der Waals surface area (Å²) in [6.07, 6.45) is 8.15. The van der Waals surface area contributed by atoms with E-state index < -0.39 is 35.5 Å². The molecule has 2 N–H and O–H groups in total. The van der Waals surface area contributed by atoms with Crippen molar-refractivity contribution in [2.45, 2.75) is 69.6 Å². The summed E-state index contributed by atoms with van der Waals surface area (Å²) in [6, 6.07) is 8.61. The van der Waals surface area contributed by atoms with Crippen LogP contribution in [-0.2, 0) is 9.59 Å². The number of fused-ring (bicyclic) bond motifs is 2. The van der Waals surface area contributed by atoms with E-state index in [0.717, 1.165) is 82.2 Å². The van der Waals surface area contributed by atoms with Gasteiger partial charge in [-0.1, -0.05) is 11.6 Å². The number of rotatable bonds is 9.